The molecule has 0 spiro atoms. The van der Waals surface area contributed by atoms with Gasteiger partial charge in [-0.3, -0.25) is 14.6 Å². The number of amides is 2. The summed E-state index contributed by atoms with van der Waals surface area (Å²) in [6.45, 7) is 0.711. The highest BCUT2D eigenvalue weighted by Gasteiger charge is 2.24. The van der Waals surface area contributed by atoms with Gasteiger partial charge in [0.2, 0.25) is 11.8 Å². The third-order valence-electron chi connectivity index (χ3n) is 3.55. The third-order valence-corrected chi connectivity index (χ3v) is 3.55. The molecule has 3 heterocycles. The quantitative estimate of drug-likeness (QED) is 0.814. The number of pyridine rings is 1. The number of hydrogen-bond acceptors (Lipinski definition) is 5. The zero-order valence-electron chi connectivity index (χ0n) is 11.9. The van der Waals surface area contributed by atoms with Crippen LogP contribution in [0.3, 0.4) is 0 Å². The van der Waals surface area contributed by atoms with Gasteiger partial charge in [0, 0.05) is 25.4 Å². The molecule has 22 heavy (non-hydrogen) atoms. The zero-order chi connectivity index (χ0) is 15.4. The smallest absolute Gasteiger partial charge is 0.225 e. The van der Waals surface area contributed by atoms with Crippen molar-refractivity contribution < 1.29 is 9.59 Å². The van der Waals surface area contributed by atoms with E-state index < -0.39 is 0 Å². The molecular formula is C14H16N6O2. The summed E-state index contributed by atoms with van der Waals surface area (Å²) in [4.78, 5) is 27.1. The molecule has 8 nitrogen and oxygen atoms in total. The second-order valence-corrected chi connectivity index (χ2v) is 5.12. The molecule has 3 rings (SSSR count). The minimum Gasteiger partial charge on any atom is -0.355 e. The number of carbonyl (C=O) groups excluding carboxylic acids is 2. The number of rotatable bonds is 4. The van der Waals surface area contributed by atoms with E-state index in [4.69, 9.17) is 0 Å². The largest absolute Gasteiger partial charge is 0.355 e. The molecule has 1 atom stereocenters. The molecule has 2 amide bonds. The van der Waals surface area contributed by atoms with Gasteiger partial charge in [0.05, 0.1) is 24.3 Å². The maximum absolute atomic E-state index is 12.0. The SMILES string of the molecule is O=C1CCC(C(=O)NCc2cn(-c3ccncc3)nn2)CN1. The highest BCUT2D eigenvalue weighted by Crippen LogP contribution is 2.11. The molecule has 0 bridgehead atoms. The van der Waals surface area contributed by atoms with Crippen LogP contribution in [0.5, 0.6) is 0 Å². The molecule has 0 radical (unpaired) electrons. The van der Waals surface area contributed by atoms with E-state index in [1.165, 1.54) is 0 Å². The molecule has 2 aromatic heterocycles. The third kappa shape index (κ3) is 3.27. The number of piperidine rings is 1. The molecule has 1 aliphatic rings. The monoisotopic (exact) mass is 300 g/mol. The van der Waals surface area contributed by atoms with Crippen molar-refractivity contribution in [3.8, 4) is 5.69 Å². The average molecular weight is 300 g/mol. The summed E-state index contributed by atoms with van der Waals surface area (Å²) in [5.41, 5.74) is 1.53. The fourth-order valence-electron chi connectivity index (χ4n) is 2.28. The Morgan fingerprint density at radius 2 is 2.23 bits per heavy atom. The maximum atomic E-state index is 12.0. The van der Waals surface area contributed by atoms with Crippen LogP contribution in [0.1, 0.15) is 18.5 Å². The van der Waals surface area contributed by atoms with E-state index >= 15 is 0 Å². The Morgan fingerprint density at radius 1 is 1.41 bits per heavy atom. The van der Waals surface area contributed by atoms with E-state index in [0.717, 1.165) is 5.69 Å². The standard InChI is InChI=1S/C14H16N6O2/c21-13-2-1-10(7-16-13)14(22)17-8-11-9-20(19-18-11)12-3-5-15-6-4-12/h3-6,9-10H,1-2,7-8H2,(H,16,21)(H,17,22). The van der Waals surface area contributed by atoms with E-state index in [1.54, 1.807) is 23.3 Å². The Kier molecular flexibility index (Phi) is 4.08. The summed E-state index contributed by atoms with van der Waals surface area (Å²) in [6.07, 6.45) is 6.10. The van der Waals surface area contributed by atoms with E-state index in [-0.39, 0.29) is 17.7 Å². The van der Waals surface area contributed by atoms with Gasteiger partial charge < -0.3 is 10.6 Å². The lowest BCUT2D eigenvalue weighted by Crippen LogP contribution is -2.42. The molecule has 1 unspecified atom stereocenters. The summed E-state index contributed by atoms with van der Waals surface area (Å²) >= 11 is 0. The number of carbonyl (C=O) groups is 2. The average Bonchev–Trinajstić information content (AvgIpc) is 3.03. The normalized spacial score (nSPS) is 17.8. The van der Waals surface area contributed by atoms with E-state index in [1.807, 2.05) is 12.1 Å². The van der Waals surface area contributed by atoms with Crippen LogP contribution in [0.2, 0.25) is 0 Å². The van der Waals surface area contributed by atoms with Crippen LogP contribution in [-0.2, 0) is 16.1 Å². The first-order valence-corrected chi connectivity index (χ1v) is 7.08. The van der Waals surface area contributed by atoms with Crippen LogP contribution in [0.15, 0.2) is 30.7 Å². The van der Waals surface area contributed by atoms with Gasteiger partial charge in [-0.05, 0) is 18.6 Å². The van der Waals surface area contributed by atoms with E-state index in [2.05, 4.69) is 25.9 Å². The Balaban J connectivity index is 1.55. The summed E-state index contributed by atoms with van der Waals surface area (Å²) in [7, 11) is 0. The Labute approximate surface area is 126 Å². The van der Waals surface area contributed by atoms with Crippen molar-refractivity contribution in [1.29, 1.82) is 0 Å². The number of hydrogen-bond donors (Lipinski definition) is 2. The number of nitrogens with one attached hydrogen (secondary N) is 2. The van der Waals surface area contributed by atoms with Gasteiger partial charge >= 0.3 is 0 Å². The molecule has 1 saturated heterocycles. The lowest BCUT2D eigenvalue weighted by atomic mass is 9.98. The van der Waals surface area contributed by atoms with Crippen molar-refractivity contribution >= 4 is 11.8 Å². The van der Waals surface area contributed by atoms with Crippen molar-refractivity contribution in [2.45, 2.75) is 19.4 Å². The van der Waals surface area contributed by atoms with Crippen LogP contribution in [-0.4, -0.2) is 38.3 Å². The van der Waals surface area contributed by atoms with Gasteiger partial charge in [-0.15, -0.1) is 5.10 Å². The van der Waals surface area contributed by atoms with E-state index in [0.29, 0.717) is 31.6 Å². The van der Waals surface area contributed by atoms with Gasteiger partial charge in [-0.25, -0.2) is 4.68 Å². The van der Waals surface area contributed by atoms with Crippen LogP contribution < -0.4 is 10.6 Å². The van der Waals surface area contributed by atoms with Crippen molar-refractivity contribution in [2.75, 3.05) is 6.54 Å². The maximum Gasteiger partial charge on any atom is 0.225 e. The second-order valence-electron chi connectivity index (χ2n) is 5.12. The molecule has 1 fully saturated rings. The van der Waals surface area contributed by atoms with Crippen molar-refractivity contribution in [2.24, 2.45) is 5.92 Å². The Bertz CT molecular complexity index is 659. The molecule has 8 heteroatoms. The van der Waals surface area contributed by atoms with Crippen LogP contribution in [0.4, 0.5) is 0 Å². The van der Waals surface area contributed by atoms with Crippen LogP contribution in [0, 0.1) is 5.92 Å². The molecule has 2 N–H and O–H groups in total. The van der Waals surface area contributed by atoms with Crippen molar-refractivity contribution in [1.82, 2.24) is 30.6 Å². The zero-order valence-corrected chi connectivity index (χ0v) is 11.9. The van der Waals surface area contributed by atoms with Gasteiger partial charge in [0.1, 0.15) is 5.69 Å². The predicted octanol–water partition coefficient (Wildman–Crippen LogP) is -0.195. The summed E-state index contributed by atoms with van der Waals surface area (Å²) < 4.78 is 1.63. The molecule has 1 aliphatic heterocycles. The van der Waals surface area contributed by atoms with Gasteiger partial charge in [-0.2, -0.15) is 0 Å². The van der Waals surface area contributed by atoms with Crippen LogP contribution in [0.25, 0.3) is 5.69 Å². The molecule has 0 aromatic carbocycles. The number of aromatic nitrogens is 4. The van der Waals surface area contributed by atoms with Crippen LogP contribution >= 0.6 is 0 Å². The van der Waals surface area contributed by atoms with Gasteiger partial charge in [0.25, 0.3) is 0 Å². The van der Waals surface area contributed by atoms with Gasteiger partial charge in [0.15, 0.2) is 0 Å². The topological polar surface area (TPSA) is 102 Å². The fourth-order valence-corrected chi connectivity index (χ4v) is 2.28. The summed E-state index contributed by atoms with van der Waals surface area (Å²) in [5.74, 6) is -0.240. The molecule has 0 aliphatic carbocycles. The summed E-state index contributed by atoms with van der Waals surface area (Å²) in [5, 5.41) is 13.6. The highest BCUT2D eigenvalue weighted by molar-refractivity contribution is 5.83. The molecule has 0 saturated carbocycles. The lowest BCUT2D eigenvalue weighted by molar-refractivity contribution is -0.129. The van der Waals surface area contributed by atoms with Crippen molar-refractivity contribution in [3.05, 3.63) is 36.4 Å². The first-order chi connectivity index (χ1) is 10.7. The minimum atomic E-state index is -0.173. The van der Waals surface area contributed by atoms with Gasteiger partial charge in [-0.1, -0.05) is 5.21 Å². The predicted molar refractivity (Wildman–Crippen MR) is 76.7 cm³/mol. The molecular weight excluding hydrogens is 284 g/mol. The minimum absolute atomic E-state index is 0.00402. The van der Waals surface area contributed by atoms with Crippen molar-refractivity contribution in [3.63, 3.8) is 0 Å². The Hall–Kier alpha value is -2.77. The Morgan fingerprint density at radius 3 is 2.95 bits per heavy atom. The first kappa shape index (κ1) is 14.2. The lowest BCUT2D eigenvalue weighted by Gasteiger charge is -2.21. The van der Waals surface area contributed by atoms with E-state index in [9.17, 15) is 9.59 Å². The highest BCUT2D eigenvalue weighted by atomic mass is 16.2. The molecule has 2 aromatic rings. The second kappa shape index (κ2) is 6.33. The first-order valence-electron chi connectivity index (χ1n) is 7.08. The fraction of sp³-hybridized carbons (Fsp3) is 0.357. The molecule has 114 valence electrons. The summed E-state index contributed by atoms with van der Waals surface area (Å²) in [6, 6.07) is 3.64. The number of nitrogens with zero attached hydrogens (tertiary/aromatic N) is 4.